The normalized spacial score (nSPS) is 18.4. The van der Waals surface area contributed by atoms with Gasteiger partial charge in [-0.3, -0.25) is 9.59 Å². The average molecular weight is 320 g/mol. The van der Waals surface area contributed by atoms with Crippen LogP contribution in [-0.2, 0) is 14.3 Å². The first-order valence-corrected chi connectivity index (χ1v) is 7.88. The molecule has 1 fully saturated rings. The summed E-state index contributed by atoms with van der Waals surface area (Å²) < 4.78 is 10.6. The molecule has 23 heavy (non-hydrogen) atoms. The maximum Gasteiger partial charge on any atom is 0.245 e. The number of rotatable bonds is 8. The van der Waals surface area contributed by atoms with E-state index in [4.69, 9.17) is 9.47 Å². The fraction of sp³-hybridized carbons (Fsp3) is 0.529. The molecule has 1 atom stereocenters. The van der Waals surface area contributed by atoms with Gasteiger partial charge in [-0.25, -0.2) is 0 Å². The van der Waals surface area contributed by atoms with E-state index in [9.17, 15) is 9.59 Å². The van der Waals surface area contributed by atoms with Gasteiger partial charge >= 0.3 is 0 Å². The van der Waals surface area contributed by atoms with Gasteiger partial charge < -0.3 is 19.3 Å². The topological polar surface area (TPSA) is 59.1 Å². The second kappa shape index (κ2) is 8.53. The van der Waals surface area contributed by atoms with E-state index in [0.717, 1.165) is 5.75 Å². The van der Waals surface area contributed by atoms with Crippen molar-refractivity contribution >= 4 is 11.8 Å². The summed E-state index contributed by atoms with van der Waals surface area (Å²) in [7, 11) is 1.58. The van der Waals surface area contributed by atoms with Gasteiger partial charge in [-0.1, -0.05) is 18.2 Å². The molecule has 0 aromatic heterocycles. The number of nitrogens with zero attached hydrogens (tertiary/aromatic N) is 2. The first kappa shape index (κ1) is 17.3. The van der Waals surface area contributed by atoms with Crippen LogP contribution in [0.3, 0.4) is 0 Å². The molecule has 6 nitrogen and oxygen atoms in total. The predicted molar refractivity (Wildman–Crippen MR) is 86.2 cm³/mol. The number of hydrogen-bond donors (Lipinski definition) is 0. The first-order chi connectivity index (χ1) is 11.1. The summed E-state index contributed by atoms with van der Waals surface area (Å²) in [6.45, 7) is 3.84. The van der Waals surface area contributed by atoms with Gasteiger partial charge in [0.05, 0.1) is 19.8 Å². The quantitative estimate of drug-likeness (QED) is 0.675. The van der Waals surface area contributed by atoms with Gasteiger partial charge in [0, 0.05) is 20.2 Å². The Kier molecular flexibility index (Phi) is 6.40. The van der Waals surface area contributed by atoms with Crippen molar-refractivity contribution in [1.82, 2.24) is 9.80 Å². The Balaban J connectivity index is 1.79. The molecule has 1 aliphatic heterocycles. The van der Waals surface area contributed by atoms with E-state index in [-0.39, 0.29) is 18.4 Å². The zero-order chi connectivity index (χ0) is 16.7. The van der Waals surface area contributed by atoms with Crippen molar-refractivity contribution in [3.05, 3.63) is 30.3 Å². The van der Waals surface area contributed by atoms with Crippen LogP contribution in [0.1, 0.15) is 13.3 Å². The minimum absolute atomic E-state index is 0.0204. The van der Waals surface area contributed by atoms with Gasteiger partial charge in [0.2, 0.25) is 11.8 Å². The van der Waals surface area contributed by atoms with Crippen molar-refractivity contribution in [3.8, 4) is 5.75 Å². The molecule has 1 aliphatic rings. The maximum atomic E-state index is 12.3. The van der Waals surface area contributed by atoms with Crippen LogP contribution in [0.5, 0.6) is 5.75 Å². The third kappa shape index (κ3) is 4.69. The van der Waals surface area contributed by atoms with Gasteiger partial charge in [0.25, 0.3) is 0 Å². The number of amides is 2. The summed E-state index contributed by atoms with van der Waals surface area (Å²) in [5.74, 6) is 0.769. The van der Waals surface area contributed by atoms with Gasteiger partial charge in [-0.05, 0) is 25.5 Å². The molecular formula is C17H24N2O4. The molecule has 0 N–H and O–H groups in total. The smallest absolute Gasteiger partial charge is 0.245 e. The summed E-state index contributed by atoms with van der Waals surface area (Å²) >= 11 is 0. The van der Waals surface area contributed by atoms with E-state index in [1.54, 1.807) is 23.8 Å². The van der Waals surface area contributed by atoms with Gasteiger partial charge in [0.15, 0.2) is 0 Å². The number of carbonyl (C=O) groups is 2. The molecule has 0 spiro atoms. The minimum atomic E-state index is -0.426. The Morgan fingerprint density at radius 2 is 1.87 bits per heavy atom. The van der Waals surface area contributed by atoms with Crippen molar-refractivity contribution in [1.29, 1.82) is 0 Å². The lowest BCUT2D eigenvalue weighted by atomic mass is 10.1. The fourth-order valence-corrected chi connectivity index (χ4v) is 2.60. The molecular weight excluding hydrogens is 296 g/mol. The zero-order valence-corrected chi connectivity index (χ0v) is 13.7. The van der Waals surface area contributed by atoms with Crippen LogP contribution in [0, 0.1) is 0 Å². The van der Waals surface area contributed by atoms with Gasteiger partial charge in [0.1, 0.15) is 11.8 Å². The van der Waals surface area contributed by atoms with Gasteiger partial charge in [-0.2, -0.15) is 0 Å². The van der Waals surface area contributed by atoms with Crippen molar-refractivity contribution in [3.63, 3.8) is 0 Å². The number of hydrogen-bond acceptors (Lipinski definition) is 4. The molecule has 0 radical (unpaired) electrons. The number of para-hydroxylation sites is 1. The molecule has 1 aromatic rings. The Hall–Kier alpha value is -2.08. The summed E-state index contributed by atoms with van der Waals surface area (Å²) in [6.07, 6.45) is 0.691. The van der Waals surface area contributed by atoms with E-state index in [1.807, 2.05) is 30.3 Å². The Morgan fingerprint density at radius 3 is 2.57 bits per heavy atom. The summed E-state index contributed by atoms with van der Waals surface area (Å²) in [4.78, 5) is 27.7. The lowest BCUT2D eigenvalue weighted by molar-refractivity contribution is -0.155. The van der Waals surface area contributed by atoms with Crippen LogP contribution in [-0.4, -0.2) is 67.6 Å². The SMILES string of the molecule is COCCN1CC(=O)N(CCCOc2ccccc2)[C@@H](C)C1=O. The largest absolute Gasteiger partial charge is 0.494 e. The molecule has 0 saturated carbocycles. The predicted octanol–water partition coefficient (Wildman–Crippen LogP) is 1.16. The minimum Gasteiger partial charge on any atom is -0.494 e. The van der Waals surface area contributed by atoms with Crippen molar-refractivity contribution in [2.45, 2.75) is 19.4 Å². The third-order valence-electron chi connectivity index (χ3n) is 3.90. The van der Waals surface area contributed by atoms with E-state index < -0.39 is 6.04 Å². The fourth-order valence-electron chi connectivity index (χ4n) is 2.60. The zero-order valence-electron chi connectivity index (χ0n) is 13.7. The van der Waals surface area contributed by atoms with Crippen LogP contribution in [0.2, 0.25) is 0 Å². The van der Waals surface area contributed by atoms with E-state index in [1.165, 1.54) is 0 Å². The van der Waals surface area contributed by atoms with E-state index in [0.29, 0.717) is 32.7 Å². The van der Waals surface area contributed by atoms with Crippen molar-refractivity contribution in [2.75, 3.05) is 40.0 Å². The Bertz CT molecular complexity index is 521. The first-order valence-electron chi connectivity index (χ1n) is 7.88. The summed E-state index contributed by atoms with van der Waals surface area (Å²) in [5, 5.41) is 0. The molecule has 2 amide bonds. The molecule has 2 rings (SSSR count). The monoisotopic (exact) mass is 320 g/mol. The highest BCUT2D eigenvalue weighted by Crippen LogP contribution is 2.14. The Morgan fingerprint density at radius 1 is 1.13 bits per heavy atom. The van der Waals surface area contributed by atoms with Crippen LogP contribution >= 0.6 is 0 Å². The maximum absolute atomic E-state index is 12.3. The molecule has 126 valence electrons. The number of piperazine rings is 1. The molecule has 1 heterocycles. The average Bonchev–Trinajstić information content (AvgIpc) is 2.57. The second-order valence-electron chi connectivity index (χ2n) is 5.53. The second-order valence-corrected chi connectivity index (χ2v) is 5.53. The van der Waals surface area contributed by atoms with Crippen LogP contribution in [0.15, 0.2) is 30.3 Å². The number of benzene rings is 1. The standard InChI is InChI=1S/C17H24N2O4/c1-14-17(21)18(10-12-22-2)13-16(20)19(14)9-6-11-23-15-7-4-3-5-8-15/h3-5,7-8,14H,6,9-13H2,1-2H3/t14-/m0/s1. The molecule has 6 heteroatoms. The van der Waals surface area contributed by atoms with Gasteiger partial charge in [-0.15, -0.1) is 0 Å². The molecule has 0 bridgehead atoms. The number of ether oxygens (including phenoxy) is 2. The highest BCUT2D eigenvalue weighted by molar-refractivity contribution is 5.94. The van der Waals surface area contributed by atoms with E-state index >= 15 is 0 Å². The van der Waals surface area contributed by atoms with Crippen molar-refractivity contribution in [2.24, 2.45) is 0 Å². The highest BCUT2D eigenvalue weighted by atomic mass is 16.5. The van der Waals surface area contributed by atoms with Crippen LogP contribution in [0.4, 0.5) is 0 Å². The van der Waals surface area contributed by atoms with Crippen LogP contribution < -0.4 is 4.74 Å². The molecule has 0 aliphatic carbocycles. The number of methoxy groups -OCH3 is 1. The molecule has 1 aromatic carbocycles. The van der Waals surface area contributed by atoms with E-state index in [2.05, 4.69) is 0 Å². The number of carbonyl (C=O) groups excluding carboxylic acids is 2. The molecule has 1 saturated heterocycles. The van der Waals surface area contributed by atoms with Crippen LogP contribution in [0.25, 0.3) is 0 Å². The summed E-state index contributed by atoms with van der Waals surface area (Å²) in [5.41, 5.74) is 0. The Labute approximate surface area is 137 Å². The third-order valence-corrected chi connectivity index (χ3v) is 3.90. The summed E-state index contributed by atoms with van der Waals surface area (Å²) in [6, 6.07) is 9.13. The highest BCUT2D eigenvalue weighted by Gasteiger charge is 2.35. The lowest BCUT2D eigenvalue weighted by Gasteiger charge is -2.38. The molecule has 0 unspecified atom stereocenters. The van der Waals surface area contributed by atoms with Crippen molar-refractivity contribution < 1.29 is 19.1 Å². The lowest BCUT2D eigenvalue weighted by Crippen LogP contribution is -2.59.